The normalized spacial score (nSPS) is 11.4. The van der Waals surface area contributed by atoms with Gasteiger partial charge in [-0.3, -0.25) is 4.79 Å². The summed E-state index contributed by atoms with van der Waals surface area (Å²) in [4.78, 5) is 23.0. The second-order valence-electron chi connectivity index (χ2n) is 6.17. The van der Waals surface area contributed by atoms with Crippen LogP contribution in [-0.2, 0) is 24.3 Å². The van der Waals surface area contributed by atoms with Crippen molar-refractivity contribution in [3.63, 3.8) is 0 Å². The Morgan fingerprint density at radius 1 is 1.03 bits per heavy atom. The Balaban J connectivity index is 2.19. The fourth-order valence-corrected chi connectivity index (χ4v) is 3.83. The number of carbonyl (C=O) groups is 2. The van der Waals surface area contributed by atoms with E-state index in [0.29, 0.717) is 23.4 Å². The Morgan fingerprint density at radius 3 is 2.38 bits per heavy atom. The lowest BCUT2D eigenvalue weighted by Crippen LogP contribution is -2.25. The van der Waals surface area contributed by atoms with Crippen molar-refractivity contribution in [2.75, 3.05) is 19.0 Å². The first-order valence-corrected chi connectivity index (χ1v) is 10.6. The highest BCUT2D eigenvalue weighted by atomic mass is 32.2. The van der Waals surface area contributed by atoms with Crippen LogP contribution >= 0.6 is 0 Å². The highest BCUT2D eigenvalue weighted by Crippen LogP contribution is 2.28. The summed E-state index contributed by atoms with van der Waals surface area (Å²) >= 11 is 0. The first-order chi connectivity index (χ1) is 13.9. The van der Waals surface area contributed by atoms with Gasteiger partial charge >= 0.3 is 5.97 Å². The van der Waals surface area contributed by atoms with Crippen molar-refractivity contribution in [3.8, 4) is 11.1 Å². The molecule has 8 heteroatoms. The third-order valence-corrected chi connectivity index (χ3v) is 5.55. The third-order valence-electron chi connectivity index (χ3n) is 4.03. The zero-order valence-corrected chi connectivity index (χ0v) is 17.2. The summed E-state index contributed by atoms with van der Waals surface area (Å²) in [5, 5.41) is 2.62. The molecule has 0 aliphatic rings. The molecule has 0 radical (unpaired) electrons. The van der Waals surface area contributed by atoms with E-state index in [2.05, 4.69) is 14.8 Å². The van der Waals surface area contributed by atoms with Gasteiger partial charge in [0.15, 0.2) is 0 Å². The number of nitrogens with one attached hydrogen (secondary N) is 2. The maximum absolute atomic E-state index is 12.7. The zero-order chi connectivity index (χ0) is 21.3. The predicted octanol–water partition coefficient (Wildman–Crippen LogP) is 3.10. The van der Waals surface area contributed by atoms with Crippen LogP contribution in [0.2, 0.25) is 0 Å². The van der Waals surface area contributed by atoms with Crippen LogP contribution in [0.4, 0.5) is 5.69 Å². The number of carbonyl (C=O) groups excluding carboxylic acids is 2. The van der Waals surface area contributed by atoms with Gasteiger partial charge in [0.25, 0.3) is 0 Å². The van der Waals surface area contributed by atoms with Crippen LogP contribution in [0.15, 0.2) is 65.6 Å². The van der Waals surface area contributed by atoms with Gasteiger partial charge < -0.3 is 10.1 Å². The number of hydrogen-bond donors (Lipinski definition) is 2. The van der Waals surface area contributed by atoms with Crippen LogP contribution in [0.1, 0.15) is 19.8 Å². The maximum atomic E-state index is 12.7. The molecule has 7 nitrogen and oxygen atoms in total. The van der Waals surface area contributed by atoms with E-state index in [9.17, 15) is 18.0 Å². The van der Waals surface area contributed by atoms with E-state index < -0.39 is 21.9 Å². The molecule has 2 rings (SSSR count). The van der Waals surface area contributed by atoms with Gasteiger partial charge in [-0.2, -0.15) is 0 Å². The summed E-state index contributed by atoms with van der Waals surface area (Å²) in [5.74, 6) is -1.10. The Labute approximate surface area is 170 Å². The number of ether oxygens (including phenoxy) is 1. The molecular weight excluding hydrogens is 392 g/mol. The lowest BCUT2D eigenvalue weighted by Gasteiger charge is -2.12. The van der Waals surface area contributed by atoms with E-state index in [-0.39, 0.29) is 4.90 Å². The molecule has 0 saturated heterocycles. The molecule has 0 fully saturated rings. The summed E-state index contributed by atoms with van der Waals surface area (Å²) in [5.41, 5.74) is 1.78. The van der Waals surface area contributed by atoms with Gasteiger partial charge in [-0.1, -0.05) is 43.7 Å². The quantitative estimate of drug-likeness (QED) is 0.372. The summed E-state index contributed by atoms with van der Waals surface area (Å²) < 4.78 is 32.4. The first kappa shape index (κ1) is 22.3. The van der Waals surface area contributed by atoms with Crippen LogP contribution in [0, 0.1) is 0 Å². The number of anilines is 1. The number of hydrogen-bond acceptors (Lipinski definition) is 5. The standard InChI is InChI=1S/C21H24N2O5S/c1-3-4-15-22-29(26,27)19-8-6-5-7-18(19)16-9-11-17(12-10-16)23-20(24)13-14-21(25)28-2/h5-14,22H,3-4,15H2,1-2H3,(H,23,24). The predicted molar refractivity (Wildman–Crippen MR) is 112 cm³/mol. The van der Waals surface area contributed by atoms with Crippen molar-refractivity contribution in [1.82, 2.24) is 4.72 Å². The molecule has 2 N–H and O–H groups in total. The minimum absolute atomic E-state index is 0.203. The maximum Gasteiger partial charge on any atom is 0.330 e. The summed E-state index contributed by atoms with van der Waals surface area (Å²) in [6.07, 6.45) is 3.76. The number of esters is 1. The minimum atomic E-state index is -3.63. The van der Waals surface area contributed by atoms with Crippen LogP contribution < -0.4 is 10.0 Å². The highest BCUT2D eigenvalue weighted by molar-refractivity contribution is 7.89. The number of amides is 1. The molecule has 0 aliphatic heterocycles. The fourth-order valence-electron chi connectivity index (χ4n) is 2.53. The Morgan fingerprint density at radius 2 is 1.72 bits per heavy atom. The molecule has 154 valence electrons. The highest BCUT2D eigenvalue weighted by Gasteiger charge is 2.18. The second-order valence-corrected chi connectivity index (χ2v) is 7.91. The van der Waals surface area contributed by atoms with Crippen LogP contribution in [-0.4, -0.2) is 33.9 Å². The monoisotopic (exact) mass is 416 g/mol. The van der Waals surface area contributed by atoms with Crippen LogP contribution in [0.3, 0.4) is 0 Å². The second kappa shape index (κ2) is 10.5. The molecule has 29 heavy (non-hydrogen) atoms. The average Bonchev–Trinajstić information content (AvgIpc) is 2.72. The van der Waals surface area contributed by atoms with E-state index in [1.165, 1.54) is 7.11 Å². The van der Waals surface area contributed by atoms with Crippen molar-refractivity contribution < 1.29 is 22.7 Å². The smallest absolute Gasteiger partial charge is 0.330 e. The van der Waals surface area contributed by atoms with Gasteiger partial charge in [-0.25, -0.2) is 17.9 Å². The van der Waals surface area contributed by atoms with Crippen LogP contribution in [0.25, 0.3) is 11.1 Å². The molecule has 0 aromatic heterocycles. The number of unbranched alkanes of at least 4 members (excludes halogenated alkanes) is 1. The van der Waals surface area contributed by atoms with Gasteiger partial charge in [0, 0.05) is 29.9 Å². The zero-order valence-electron chi connectivity index (χ0n) is 16.3. The van der Waals surface area contributed by atoms with E-state index in [4.69, 9.17) is 0 Å². The van der Waals surface area contributed by atoms with Crippen molar-refractivity contribution in [1.29, 1.82) is 0 Å². The van der Waals surface area contributed by atoms with Crippen molar-refractivity contribution >= 4 is 27.6 Å². The van der Waals surface area contributed by atoms with Gasteiger partial charge in [0.05, 0.1) is 12.0 Å². The average molecular weight is 416 g/mol. The largest absolute Gasteiger partial charge is 0.466 e. The molecule has 1 amide bonds. The SMILES string of the molecule is CCCCNS(=O)(=O)c1ccccc1-c1ccc(NC(=O)C=CC(=O)OC)cc1. The Bertz CT molecular complexity index is 982. The van der Waals surface area contributed by atoms with E-state index in [1.807, 2.05) is 6.92 Å². The van der Waals surface area contributed by atoms with Crippen molar-refractivity contribution in [2.24, 2.45) is 0 Å². The number of methoxy groups -OCH3 is 1. The summed E-state index contributed by atoms with van der Waals surface area (Å²) in [6, 6.07) is 13.5. The summed E-state index contributed by atoms with van der Waals surface area (Å²) in [7, 11) is -2.41. The molecule has 0 atom stereocenters. The molecule has 0 bridgehead atoms. The fraction of sp³-hybridized carbons (Fsp3) is 0.238. The molecule has 0 heterocycles. The molecular formula is C21H24N2O5S. The van der Waals surface area contributed by atoms with Gasteiger partial charge in [0.1, 0.15) is 0 Å². The number of sulfonamides is 1. The van der Waals surface area contributed by atoms with Gasteiger partial charge in [-0.15, -0.1) is 0 Å². The van der Waals surface area contributed by atoms with E-state index >= 15 is 0 Å². The van der Waals surface area contributed by atoms with E-state index in [0.717, 1.165) is 25.0 Å². The molecule has 0 aliphatic carbocycles. The molecule has 0 spiro atoms. The van der Waals surface area contributed by atoms with Crippen molar-refractivity contribution in [3.05, 3.63) is 60.7 Å². The van der Waals surface area contributed by atoms with Crippen LogP contribution in [0.5, 0.6) is 0 Å². The lowest BCUT2D eigenvalue weighted by atomic mass is 10.1. The summed E-state index contributed by atoms with van der Waals surface area (Å²) in [6.45, 7) is 2.38. The molecule has 0 unspecified atom stereocenters. The Kier molecular flexibility index (Phi) is 8.11. The van der Waals surface area contributed by atoms with Gasteiger partial charge in [-0.05, 0) is 30.2 Å². The molecule has 2 aromatic carbocycles. The molecule has 2 aromatic rings. The first-order valence-electron chi connectivity index (χ1n) is 9.13. The molecule has 0 saturated carbocycles. The minimum Gasteiger partial charge on any atom is -0.466 e. The van der Waals surface area contributed by atoms with Gasteiger partial charge in [0.2, 0.25) is 15.9 Å². The van der Waals surface area contributed by atoms with Crippen molar-refractivity contribution in [2.45, 2.75) is 24.7 Å². The Hall–Kier alpha value is -2.97. The number of benzene rings is 2. The lowest BCUT2D eigenvalue weighted by molar-refractivity contribution is -0.135. The topological polar surface area (TPSA) is 102 Å². The third kappa shape index (κ3) is 6.55. The number of rotatable bonds is 9. The van der Waals surface area contributed by atoms with E-state index in [1.54, 1.807) is 48.5 Å².